The van der Waals surface area contributed by atoms with E-state index in [1.165, 1.54) is 62.8 Å². The quantitative estimate of drug-likeness (QED) is 0.172. The Bertz CT molecular complexity index is 3160. The summed E-state index contributed by atoms with van der Waals surface area (Å²) < 4.78 is 9.18. The van der Waals surface area contributed by atoms with Gasteiger partial charge in [-0.15, -0.1) is 11.3 Å². The lowest BCUT2D eigenvalue weighted by atomic mass is 9.98. The molecule has 0 aliphatic rings. The van der Waals surface area contributed by atoms with Crippen LogP contribution in [0.1, 0.15) is 0 Å². The number of para-hydroxylation sites is 1. The van der Waals surface area contributed by atoms with Crippen LogP contribution in [0.4, 0.5) is 17.1 Å². The van der Waals surface area contributed by atoms with Gasteiger partial charge in [-0.3, -0.25) is 8.40 Å². The van der Waals surface area contributed by atoms with Crippen molar-refractivity contribution in [2.75, 3.05) is 4.90 Å². The number of hydrogen-bond acceptors (Lipinski definition) is 3. The molecule has 0 saturated heterocycles. The number of furan rings is 1. The van der Waals surface area contributed by atoms with Gasteiger partial charge in [0.2, 0.25) is 0 Å². The number of anilines is 3. The highest BCUT2D eigenvalue weighted by Gasteiger charge is 2.20. The van der Waals surface area contributed by atoms with E-state index in [0.29, 0.717) is 0 Å². The normalized spacial score (nSPS) is 12.0. The lowest BCUT2D eigenvalue weighted by molar-refractivity contribution is 0.669. The minimum atomic E-state index is -0.983. The highest BCUT2D eigenvalue weighted by Crippen LogP contribution is 2.46. The summed E-state index contributed by atoms with van der Waals surface area (Å²) in [5, 5.41) is 10.3. The van der Waals surface area contributed by atoms with Crippen LogP contribution in [-0.2, 0) is 6.55 Å². The maximum absolute atomic E-state index is 6.41. The van der Waals surface area contributed by atoms with Crippen LogP contribution in [-0.4, -0.2) is 8.40 Å². The smallest absolute Gasteiger partial charge is 0.137 e. The molecule has 8 aromatic carbocycles. The summed E-state index contributed by atoms with van der Waals surface area (Å²) in [5.74, 6) is 0. The summed E-state index contributed by atoms with van der Waals surface area (Å²) in [6.07, 6.45) is 0. The maximum Gasteiger partial charge on any atom is 0.137 e. The van der Waals surface area contributed by atoms with Gasteiger partial charge in [0.05, 0.1) is 11.1 Å². The first kappa shape index (κ1) is 28.9. The van der Waals surface area contributed by atoms with Crippen molar-refractivity contribution in [3.63, 3.8) is 0 Å². The number of hydrogen-bond donors (Lipinski definition) is 0. The van der Waals surface area contributed by atoms with Crippen molar-refractivity contribution < 1.29 is 4.42 Å². The summed E-state index contributed by atoms with van der Waals surface area (Å²) in [5.41, 5.74) is 7.64. The van der Waals surface area contributed by atoms with E-state index in [9.17, 15) is 0 Å². The topological polar surface area (TPSA) is 16.4 Å². The van der Waals surface area contributed by atoms with E-state index < -0.39 is 8.40 Å². The molecule has 0 atom stereocenters. The van der Waals surface area contributed by atoms with Crippen LogP contribution in [0, 0.1) is 0 Å². The Morgan fingerprint density at radius 3 is 2.12 bits per heavy atom. The summed E-state index contributed by atoms with van der Waals surface area (Å²) >= 11 is 1.94. The number of fused-ring (bicyclic) bond motifs is 11. The van der Waals surface area contributed by atoms with Gasteiger partial charge in [0, 0.05) is 36.9 Å². The number of benzene rings is 8. The van der Waals surface area contributed by atoms with Gasteiger partial charge < -0.3 is 9.32 Å². The standard InChI is InChI=1S/C47H30NOSSi/c1-51-43-27-26-36-35-13-5-7-19-42(35)50-47(36)46(43)38-25-24-32(28-44(38)51)48(39-16-9-18-41-45(39)37-14-4-6-17-40(37)49-41)31-22-20-30(21-23-31)34-15-8-11-29-10-2-3-12-33(29)34/h2-28H,1H3/q-1. The van der Waals surface area contributed by atoms with Crippen LogP contribution in [0.5, 0.6) is 0 Å². The lowest BCUT2D eigenvalue weighted by Gasteiger charge is -2.27. The summed E-state index contributed by atoms with van der Waals surface area (Å²) in [7, 11) is -0.983. The largest absolute Gasteiger partial charge is 0.456 e. The van der Waals surface area contributed by atoms with E-state index in [1.54, 1.807) is 0 Å². The van der Waals surface area contributed by atoms with E-state index >= 15 is 0 Å². The molecule has 3 aromatic heterocycles. The van der Waals surface area contributed by atoms with Crippen molar-refractivity contribution >= 4 is 110 Å². The lowest BCUT2D eigenvalue weighted by Crippen LogP contribution is -2.10. The molecule has 0 saturated carbocycles. The number of rotatable bonds is 4. The second-order valence-electron chi connectivity index (χ2n) is 13.5. The third kappa shape index (κ3) is 4.27. The minimum absolute atomic E-state index is 0.895. The van der Waals surface area contributed by atoms with Gasteiger partial charge in [-0.2, -0.15) is 16.5 Å². The number of aryl methyl sites for hydroxylation is 1. The van der Waals surface area contributed by atoms with Crippen molar-refractivity contribution in [1.29, 1.82) is 0 Å². The molecule has 0 radical (unpaired) electrons. The number of thiophene rings is 1. The fourth-order valence-electron chi connectivity index (χ4n) is 8.35. The van der Waals surface area contributed by atoms with Crippen LogP contribution in [0.15, 0.2) is 168 Å². The molecule has 0 N–H and O–H groups in total. The molecule has 4 heteroatoms. The zero-order chi connectivity index (χ0) is 33.6. The molecule has 0 aliphatic carbocycles. The molecule has 0 unspecified atom stereocenters. The van der Waals surface area contributed by atoms with Crippen LogP contribution in [0.2, 0.25) is 0 Å². The van der Waals surface area contributed by atoms with Crippen molar-refractivity contribution in [3.05, 3.63) is 164 Å². The maximum atomic E-state index is 6.41. The van der Waals surface area contributed by atoms with E-state index in [4.69, 9.17) is 4.42 Å². The SMILES string of the molecule is C[si-]1c2cc(N(c3ccc(-c4cccc5ccccc45)cc3)c3cccc4oc5ccccc5c34)ccc2c2c3sc4ccccc4c3ccc21. The molecule has 0 fully saturated rings. The van der Waals surface area contributed by atoms with Gasteiger partial charge in [-0.05, 0) is 75.1 Å². The van der Waals surface area contributed by atoms with Crippen LogP contribution < -0.4 is 4.90 Å². The summed E-state index contributed by atoms with van der Waals surface area (Å²) in [4.78, 5) is 5.42. The van der Waals surface area contributed by atoms with Crippen molar-refractivity contribution in [1.82, 2.24) is 0 Å². The Kier molecular flexibility index (Phi) is 6.24. The zero-order valence-electron chi connectivity index (χ0n) is 27.9. The van der Waals surface area contributed by atoms with Crippen molar-refractivity contribution in [2.45, 2.75) is 0 Å². The first-order valence-corrected chi connectivity index (χ1v) is 20.2. The molecule has 240 valence electrons. The molecular formula is C47H30NOSSi-. The Morgan fingerprint density at radius 1 is 0.510 bits per heavy atom. The number of nitrogens with zero attached hydrogens (tertiary/aromatic N) is 1. The first-order chi connectivity index (χ1) is 25.2. The molecule has 11 aromatic rings. The zero-order valence-corrected chi connectivity index (χ0v) is 29.7. The Labute approximate surface area is 299 Å². The van der Waals surface area contributed by atoms with Crippen molar-refractivity contribution in [2.24, 2.45) is 6.55 Å². The molecule has 11 rings (SSSR count). The second-order valence-corrected chi connectivity index (χ2v) is 16.9. The molecule has 0 spiro atoms. The summed E-state index contributed by atoms with van der Waals surface area (Å²) in [6.45, 7) is 2.46. The average molecular weight is 685 g/mol. The van der Waals surface area contributed by atoms with E-state index in [0.717, 1.165) is 39.0 Å². The van der Waals surface area contributed by atoms with Gasteiger partial charge in [0.15, 0.2) is 0 Å². The van der Waals surface area contributed by atoms with Crippen LogP contribution in [0.25, 0.3) is 84.8 Å². The van der Waals surface area contributed by atoms with Crippen molar-refractivity contribution in [3.8, 4) is 11.1 Å². The third-order valence-electron chi connectivity index (χ3n) is 10.7. The molecule has 0 amide bonds. The molecule has 51 heavy (non-hydrogen) atoms. The Hall–Kier alpha value is -5.94. The predicted octanol–water partition coefficient (Wildman–Crippen LogP) is 13.8. The second kappa shape index (κ2) is 11.0. The van der Waals surface area contributed by atoms with E-state index in [1.807, 2.05) is 17.4 Å². The Morgan fingerprint density at radius 2 is 1.22 bits per heavy atom. The Balaban J connectivity index is 1.15. The van der Waals surface area contributed by atoms with Gasteiger partial charge >= 0.3 is 0 Å². The predicted molar refractivity (Wildman–Crippen MR) is 222 cm³/mol. The monoisotopic (exact) mass is 684 g/mol. The highest BCUT2D eigenvalue weighted by molar-refractivity contribution is 7.27. The van der Waals surface area contributed by atoms with Crippen LogP contribution in [0.3, 0.4) is 0 Å². The molecule has 0 aliphatic heterocycles. The first-order valence-electron chi connectivity index (χ1n) is 17.4. The highest BCUT2D eigenvalue weighted by atomic mass is 32.1. The van der Waals surface area contributed by atoms with E-state index in [2.05, 4.69) is 169 Å². The fraction of sp³-hybridized carbons (Fsp3) is 0.0213. The minimum Gasteiger partial charge on any atom is -0.456 e. The fourth-order valence-corrected chi connectivity index (χ4v) is 11.9. The molecule has 0 bridgehead atoms. The molecular weight excluding hydrogens is 655 g/mol. The molecule has 2 nitrogen and oxygen atoms in total. The van der Waals surface area contributed by atoms with Crippen LogP contribution >= 0.6 is 11.3 Å². The van der Waals surface area contributed by atoms with Gasteiger partial charge in [0.1, 0.15) is 11.2 Å². The molecule has 3 heterocycles. The summed E-state index contributed by atoms with van der Waals surface area (Å²) in [6, 6.07) is 59.9. The third-order valence-corrected chi connectivity index (χ3v) is 14.4. The van der Waals surface area contributed by atoms with E-state index in [-0.39, 0.29) is 0 Å². The van der Waals surface area contributed by atoms with Gasteiger partial charge in [-0.1, -0.05) is 121 Å². The van der Waals surface area contributed by atoms with Gasteiger partial charge in [0.25, 0.3) is 0 Å². The van der Waals surface area contributed by atoms with Gasteiger partial charge in [-0.25, -0.2) is 0 Å². The average Bonchev–Trinajstić information content (AvgIpc) is 3.85.